The SMILES string of the molecule is CC(C)(C)C(=O)c1cccc2c1B(O)OC2. The van der Waals surface area contributed by atoms with Crippen molar-refractivity contribution in [2.75, 3.05) is 0 Å². The van der Waals surface area contributed by atoms with Gasteiger partial charge in [0.05, 0.1) is 6.61 Å². The molecular weight excluding hydrogens is 203 g/mol. The molecule has 1 aliphatic heterocycles. The number of ketones is 1. The Kier molecular flexibility index (Phi) is 2.64. The van der Waals surface area contributed by atoms with Gasteiger partial charge in [-0.1, -0.05) is 39.0 Å². The van der Waals surface area contributed by atoms with Crippen LogP contribution < -0.4 is 5.46 Å². The normalized spacial score (nSPS) is 15.1. The third kappa shape index (κ3) is 1.79. The zero-order valence-corrected chi connectivity index (χ0v) is 9.78. The van der Waals surface area contributed by atoms with E-state index in [1.165, 1.54) is 0 Å². The van der Waals surface area contributed by atoms with E-state index in [0.29, 0.717) is 17.6 Å². The molecule has 0 radical (unpaired) electrons. The molecule has 0 unspecified atom stereocenters. The summed E-state index contributed by atoms with van der Waals surface area (Å²) in [6, 6.07) is 5.47. The molecule has 2 rings (SSSR count). The summed E-state index contributed by atoms with van der Waals surface area (Å²) >= 11 is 0. The summed E-state index contributed by atoms with van der Waals surface area (Å²) in [4.78, 5) is 12.2. The predicted molar refractivity (Wildman–Crippen MR) is 62.6 cm³/mol. The molecule has 1 N–H and O–H groups in total. The summed E-state index contributed by atoms with van der Waals surface area (Å²) in [6.45, 7) is 5.99. The number of fused-ring (bicyclic) bond motifs is 1. The van der Waals surface area contributed by atoms with Crippen molar-refractivity contribution in [2.24, 2.45) is 5.41 Å². The Balaban J connectivity index is 2.51. The van der Waals surface area contributed by atoms with E-state index in [0.717, 1.165) is 5.56 Å². The lowest BCUT2D eigenvalue weighted by Crippen LogP contribution is -2.36. The van der Waals surface area contributed by atoms with E-state index in [1.54, 1.807) is 6.07 Å². The minimum atomic E-state index is -0.961. The molecule has 1 aliphatic rings. The van der Waals surface area contributed by atoms with Crippen LogP contribution in [0.5, 0.6) is 0 Å². The smallest absolute Gasteiger partial charge is 0.423 e. The molecule has 0 fully saturated rings. The lowest BCUT2D eigenvalue weighted by atomic mass is 9.72. The Bertz CT molecular complexity index is 434. The van der Waals surface area contributed by atoms with Gasteiger partial charge >= 0.3 is 7.12 Å². The largest absolute Gasteiger partial charge is 0.492 e. The Morgan fingerprint density at radius 3 is 2.75 bits per heavy atom. The maximum absolute atomic E-state index is 12.2. The third-order valence-corrected chi connectivity index (χ3v) is 2.77. The molecule has 1 aromatic carbocycles. The summed E-state index contributed by atoms with van der Waals surface area (Å²) in [7, 11) is -0.961. The van der Waals surface area contributed by atoms with E-state index in [9.17, 15) is 9.82 Å². The van der Waals surface area contributed by atoms with Crippen molar-refractivity contribution in [3.8, 4) is 0 Å². The fourth-order valence-corrected chi connectivity index (χ4v) is 1.88. The van der Waals surface area contributed by atoms with Gasteiger partial charge in [-0.2, -0.15) is 0 Å². The molecular formula is C12H15BO3. The van der Waals surface area contributed by atoms with Crippen molar-refractivity contribution in [3.05, 3.63) is 29.3 Å². The van der Waals surface area contributed by atoms with Gasteiger partial charge in [0.15, 0.2) is 5.78 Å². The van der Waals surface area contributed by atoms with Gasteiger partial charge in [-0.3, -0.25) is 4.79 Å². The van der Waals surface area contributed by atoms with Crippen LogP contribution in [0.3, 0.4) is 0 Å². The monoisotopic (exact) mass is 218 g/mol. The quantitative estimate of drug-likeness (QED) is 0.567. The van der Waals surface area contributed by atoms with E-state index >= 15 is 0 Å². The predicted octanol–water partition coefficient (Wildman–Crippen LogP) is 1.13. The lowest BCUT2D eigenvalue weighted by molar-refractivity contribution is 0.0859. The molecule has 0 saturated heterocycles. The Morgan fingerprint density at radius 2 is 2.12 bits per heavy atom. The highest BCUT2D eigenvalue weighted by molar-refractivity contribution is 6.63. The first kappa shape index (κ1) is 11.4. The number of hydrogen-bond acceptors (Lipinski definition) is 3. The summed E-state index contributed by atoms with van der Waals surface area (Å²) in [6.07, 6.45) is 0. The van der Waals surface area contributed by atoms with Crippen LogP contribution in [0.4, 0.5) is 0 Å². The molecule has 3 nitrogen and oxygen atoms in total. The second kappa shape index (κ2) is 3.72. The number of carbonyl (C=O) groups is 1. The molecule has 0 aliphatic carbocycles. The molecule has 4 heteroatoms. The van der Waals surface area contributed by atoms with Crippen LogP contribution in [0.2, 0.25) is 0 Å². The minimum absolute atomic E-state index is 0.0360. The first-order chi connectivity index (χ1) is 7.41. The van der Waals surface area contributed by atoms with Crippen LogP contribution in [0.1, 0.15) is 36.7 Å². The fraction of sp³-hybridized carbons (Fsp3) is 0.417. The van der Waals surface area contributed by atoms with E-state index in [-0.39, 0.29) is 5.78 Å². The lowest BCUT2D eigenvalue weighted by Gasteiger charge is -2.18. The molecule has 0 bridgehead atoms. The van der Waals surface area contributed by atoms with E-state index < -0.39 is 12.5 Å². The average Bonchev–Trinajstić information content (AvgIpc) is 2.58. The van der Waals surface area contributed by atoms with E-state index in [4.69, 9.17) is 4.65 Å². The maximum atomic E-state index is 12.2. The first-order valence-corrected chi connectivity index (χ1v) is 5.37. The molecule has 0 amide bonds. The van der Waals surface area contributed by atoms with Gasteiger partial charge in [0.25, 0.3) is 0 Å². The van der Waals surface area contributed by atoms with Gasteiger partial charge in [0.1, 0.15) is 0 Å². The topological polar surface area (TPSA) is 46.5 Å². The molecule has 0 aromatic heterocycles. The summed E-state index contributed by atoms with van der Waals surface area (Å²) in [5.74, 6) is 0.0360. The zero-order chi connectivity index (χ0) is 11.9. The van der Waals surface area contributed by atoms with Crippen molar-refractivity contribution in [2.45, 2.75) is 27.4 Å². The van der Waals surface area contributed by atoms with E-state index in [2.05, 4.69) is 0 Å². The molecule has 16 heavy (non-hydrogen) atoms. The van der Waals surface area contributed by atoms with Crippen LogP contribution in [-0.2, 0) is 11.3 Å². The summed E-state index contributed by atoms with van der Waals surface area (Å²) in [5.41, 5.74) is 1.68. The van der Waals surface area contributed by atoms with Gasteiger partial charge in [0.2, 0.25) is 0 Å². The molecule has 84 valence electrons. The Morgan fingerprint density at radius 1 is 1.44 bits per heavy atom. The Labute approximate surface area is 95.6 Å². The molecule has 1 heterocycles. The van der Waals surface area contributed by atoms with Crippen molar-refractivity contribution >= 4 is 18.4 Å². The molecule has 0 spiro atoms. The van der Waals surface area contributed by atoms with Gasteiger partial charge in [0, 0.05) is 11.0 Å². The highest BCUT2D eigenvalue weighted by Crippen LogP contribution is 2.22. The van der Waals surface area contributed by atoms with Gasteiger partial charge in [-0.15, -0.1) is 0 Å². The summed E-state index contributed by atoms with van der Waals surface area (Å²) in [5, 5.41) is 9.70. The second-order valence-electron chi connectivity index (χ2n) is 5.12. The second-order valence-corrected chi connectivity index (χ2v) is 5.12. The summed E-state index contributed by atoms with van der Waals surface area (Å²) < 4.78 is 5.13. The van der Waals surface area contributed by atoms with Crippen LogP contribution in [-0.4, -0.2) is 17.9 Å². The average molecular weight is 218 g/mol. The first-order valence-electron chi connectivity index (χ1n) is 5.37. The Hall–Kier alpha value is -1.13. The number of benzene rings is 1. The number of carbonyl (C=O) groups excluding carboxylic acids is 1. The van der Waals surface area contributed by atoms with Crippen LogP contribution in [0, 0.1) is 5.41 Å². The number of rotatable bonds is 1. The molecule has 0 saturated carbocycles. The van der Waals surface area contributed by atoms with Crippen LogP contribution >= 0.6 is 0 Å². The third-order valence-electron chi connectivity index (χ3n) is 2.77. The number of hydrogen-bond donors (Lipinski definition) is 1. The van der Waals surface area contributed by atoms with Crippen molar-refractivity contribution in [1.29, 1.82) is 0 Å². The standard InChI is InChI=1S/C12H15BO3/c1-12(2,3)11(14)9-6-4-5-8-7-16-13(15)10(8)9/h4-6,15H,7H2,1-3H3. The molecule has 1 aromatic rings. The van der Waals surface area contributed by atoms with Crippen LogP contribution in [0.25, 0.3) is 0 Å². The molecule has 0 atom stereocenters. The van der Waals surface area contributed by atoms with Crippen LogP contribution in [0.15, 0.2) is 18.2 Å². The van der Waals surface area contributed by atoms with Crippen molar-refractivity contribution in [3.63, 3.8) is 0 Å². The fourth-order valence-electron chi connectivity index (χ4n) is 1.88. The van der Waals surface area contributed by atoms with Crippen molar-refractivity contribution < 1.29 is 14.5 Å². The maximum Gasteiger partial charge on any atom is 0.492 e. The highest BCUT2D eigenvalue weighted by Gasteiger charge is 2.34. The van der Waals surface area contributed by atoms with E-state index in [1.807, 2.05) is 32.9 Å². The van der Waals surface area contributed by atoms with Gasteiger partial charge < -0.3 is 9.68 Å². The van der Waals surface area contributed by atoms with Gasteiger partial charge in [-0.05, 0) is 11.0 Å². The highest BCUT2D eigenvalue weighted by atomic mass is 16.5. The van der Waals surface area contributed by atoms with Gasteiger partial charge in [-0.25, -0.2) is 0 Å². The zero-order valence-electron chi connectivity index (χ0n) is 9.78. The minimum Gasteiger partial charge on any atom is -0.423 e. The number of Topliss-reactive ketones (excluding diaryl/α,β-unsaturated/α-hetero) is 1. The van der Waals surface area contributed by atoms with Crippen molar-refractivity contribution in [1.82, 2.24) is 0 Å².